The van der Waals surface area contributed by atoms with Gasteiger partial charge in [0.1, 0.15) is 6.04 Å². The first kappa shape index (κ1) is 15.6. The lowest BCUT2D eigenvalue weighted by atomic mass is 9.81. The molecule has 8 heteroatoms. The van der Waals surface area contributed by atoms with Crippen molar-refractivity contribution in [2.75, 3.05) is 13.1 Å². The van der Waals surface area contributed by atoms with Crippen LogP contribution < -0.4 is 0 Å². The summed E-state index contributed by atoms with van der Waals surface area (Å²) in [7, 11) is 0. The van der Waals surface area contributed by atoms with Crippen LogP contribution in [0.5, 0.6) is 0 Å². The number of carboxylic acids is 1. The number of nitrogens with zero attached hydrogens (tertiary/aromatic N) is 2. The van der Waals surface area contributed by atoms with E-state index in [9.17, 15) is 19.2 Å². The number of hydrogen-bond acceptors (Lipinski definition) is 5. The number of hydrogen-bond donors (Lipinski definition) is 1. The molecule has 8 nitrogen and oxygen atoms in total. The molecular weight excluding hydrogens is 316 g/mol. The van der Waals surface area contributed by atoms with Crippen molar-refractivity contribution < 1.29 is 29.0 Å². The number of carbonyl (C=O) groups is 4. The fourth-order valence-corrected chi connectivity index (χ4v) is 4.67. The average molecular weight is 336 g/mol. The van der Waals surface area contributed by atoms with E-state index < -0.39 is 12.0 Å². The summed E-state index contributed by atoms with van der Waals surface area (Å²) in [5.74, 6) is -2.55. The number of ether oxygens (including phenoxy) is 1. The van der Waals surface area contributed by atoms with Gasteiger partial charge in [-0.05, 0) is 25.7 Å². The summed E-state index contributed by atoms with van der Waals surface area (Å²) >= 11 is 0. The van der Waals surface area contributed by atoms with Crippen molar-refractivity contribution in [2.24, 2.45) is 11.8 Å². The molecule has 0 aromatic rings. The Balaban J connectivity index is 1.40. The van der Waals surface area contributed by atoms with Crippen molar-refractivity contribution >= 4 is 23.7 Å². The first-order chi connectivity index (χ1) is 11.5. The Morgan fingerprint density at radius 2 is 1.71 bits per heavy atom. The van der Waals surface area contributed by atoms with E-state index in [-0.39, 0.29) is 54.7 Å². The lowest BCUT2D eigenvalue weighted by Gasteiger charge is -2.23. The molecule has 0 aliphatic carbocycles. The largest absolute Gasteiger partial charge is 0.480 e. The van der Waals surface area contributed by atoms with Crippen LogP contribution >= 0.6 is 0 Å². The zero-order valence-electron chi connectivity index (χ0n) is 13.2. The highest BCUT2D eigenvalue weighted by Crippen LogP contribution is 2.48. The van der Waals surface area contributed by atoms with Crippen LogP contribution in [0.4, 0.5) is 0 Å². The Bertz CT molecular complexity index is 592. The van der Waals surface area contributed by atoms with Crippen LogP contribution in [-0.4, -0.2) is 69.9 Å². The van der Waals surface area contributed by atoms with Crippen LogP contribution in [0.1, 0.15) is 32.1 Å². The number of amides is 3. The predicted molar refractivity (Wildman–Crippen MR) is 78.6 cm³/mol. The van der Waals surface area contributed by atoms with Gasteiger partial charge in [-0.15, -0.1) is 0 Å². The molecule has 130 valence electrons. The van der Waals surface area contributed by atoms with Crippen LogP contribution in [0.2, 0.25) is 0 Å². The fourth-order valence-electron chi connectivity index (χ4n) is 4.67. The Morgan fingerprint density at radius 3 is 2.29 bits per heavy atom. The van der Waals surface area contributed by atoms with E-state index in [2.05, 4.69) is 0 Å². The second-order valence-corrected chi connectivity index (χ2v) is 7.00. The van der Waals surface area contributed by atoms with Gasteiger partial charge in [0.2, 0.25) is 17.7 Å². The van der Waals surface area contributed by atoms with E-state index in [0.29, 0.717) is 19.4 Å². The Kier molecular flexibility index (Phi) is 3.59. The monoisotopic (exact) mass is 336 g/mol. The topological polar surface area (TPSA) is 104 Å². The molecule has 4 unspecified atom stereocenters. The molecule has 0 saturated carbocycles. The summed E-state index contributed by atoms with van der Waals surface area (Å²) in [6.45, 7) is 0.451. The number of rotatable bonds is 4. The number of fused-ring (bicyclic) bond motifs is 5. The minimum atomic E-state index is -1.00. The SMILES string of the molecule is O=C(O)[C@@H]1CCCN1C(=O)CCN1C(=O)C2C3CCC(O3)C2C1=O. The molecule has 2 bridgehead atoms. The smallest absolute Gasteiger partial charge is 0.326 e. The van der Waals surface area contributed by atoms with Crippen molar-refractivity contribution in [1.82, 2.24) is 9.80 Å². The predicted octanol–water partition coefficient (Wildman–Crippen LogP) is -0.385. The van der Waals surface area contributed by atoms with Gasteiger partial charge in [-0.2, -0.15) is 0 Å². The molecule has 5 atom stereocenters. The maximum Gasteiger partial charge on any atom is 0.326 e. The molecule has 0 aromatic carbocycles. The molecule has 1 N–H and O–H groups in total. The molecule has 4 aliphatic rings. The minimum absolute atomic E-state index is 0.0170. The first-order valence-electron chi connectivity index (χ1n) is 8.52. The van der Waals surface area contributed by atoms with E-state index in [1.165, 1.54) is 9.80 Å². The standard InChI is InChI=1S/C16H20N2O6/c19-11(17-6-1-2-8(17)16(22)23)5-7-18-14(20)12-9-3-4-10(24-9)13(12)15(18)21/h8-10,12-13H,1-7H2,(H,22,23)/t8-,9?,10?,12?,13?/m0/s1. The number of imide groups is 1. The summed E-state index contributed by atoms with van der Waals surface area (Å²) < 4.78 is 5.67. The molecule has 24 heavy (non-hydrogen) atoms. The molecule has 0 aromatic heterocycles. The van der Waals surface area contributed by atoms with Crippen molar-refractivity contribution in [3.05, 3.63) is 0 Å². The quantitative estimate of drug-likeness (QED) is 0.702. The lowest BCUT2D eigenvalue weighted by molar-refractivity contribution is -0.149. The van der Waals surface area contributed by atoms with Crippen LogP contribution in [0.15, 0.2) is 0 Å². The molecule has 4 heterocycles. The van der Waals surface area contributed by atoms with Crippen molar-refractivity contribution in [2.45, 2.75) is 50.4 Å². The van der Waals surface area contributed by atoms with E-state index in [1.54, 1.807) is 0 Å². The van der Waals surface area contributed by atoms with Gasteiger partial charge >= 0.3 is 5.97 Å². The minimum Gasteiger partial charge on any atom is -0.480 e. The summed E-state index contributed by atoms with van der Waals surface area (Å²) in [5, 5.41) is 9.14. The average Bonchev–Trinajstić information content (AvgIpc) is 3.29. The highest BCUT2D eigenvalue weighted by Gasteiger charge is 2.62. The number of likely N-dealkylation sites (tertiary alicyclic amines) is 2. The fraction of sp³-hybridized carbons (Fsp3) is 0.750. The third-order valence-electron chi connectivity index (χ3n) is 5.78. The third kappa shape index (κ3) is 2.16. The van der Waals surface area contributed by atoms with Gasteiger partial charge in [-0.25, -0.2) is 4.79 Å². The summed E-state index contributed by atoms with van der Waals surface area (Å²) in [6, 6.07) is -0.786. The highest BCUT2D eigenvalue weighted by molar-refractivity contribution is 6.06. The molecule has 0 spiro atoms. The Labute approximate surface area is 138 Å². The van der Waals surface area contributed by atoms with Gasteiger partial charge in [-0.3, -0.25) is 19.3 Å². The maximum atomic E-state index is 12.5. The van der Waals surface area contributed by atoms with Gasteiger partial charge in [0, 0.05) is 19.5 Å². The van der Waals surface area contributed by atoms with Crippen molar-refractivity contribution in [1.29, 1.82) is 0 Å². The molecule has 4 fully saturated rings. The molecule has 0 radical (unpaired) electrons. The van der Waals surface area contributed by atoms with Gasteiger partial charge in [0.15, 0.2) is 0 Å². The first-order valence-corrected chi connectivity index (χ1v) is 8.52. The zero-order valence-corrected chi connectivity index (χ0v) is 13.2. The molecule has 4 saturated heterocycles. The summed E-state index contributed by atoms with van der Waals surface area (Å²) in [6.07, 6.45) is 2.40. The second-order valence-electron chi connectivity index (χ2n) is 7.00. The van der Waals surface area contributed by atoms with Crippen molar-refractivity contribution in [3.63, 3.8) is 0 Å². The van der Waals surface area contributed by atoms with Gasteiger partial charge in [-0.1, -0.05) is 0 Å². The van der Waals surface area contributed by atoms with Crippen LogP contribution in [0.3, 0.4) is 0 Å². The van der Waals surface area contributed by atoms with Crippen molar-refractivity contribution in [3.8, 4) is 0 Å². The Morgan fingerprint density at radius 1 is 1.08 bits per heavy atom. The summed E-state index contributed by atoms with van der Waals surface area (Å²) in [5.41, 5.74) is 0. The van der Waals surface area contributed by atoms with Crippen LogP contribution in [0, 0.1) is 11.8 Å². The molecule has 3 amide bonds. The molecular formula is C16H20N2O6. The highest BCUT2D eigenvalue weighted by atomic mass is 16.5. The van der Waals surface area contributed by atoms with E-state index >= 15 is 0 Å². The van der Waals surface area contributed by atoms with E-state index in [4.69, 9.17) is 9.84 Å². The van der Waals surface area contributed by atoms with Gasteiger partial charge in [0.05, 0.1) is 24.0 Å². The lowest BCUT2D eigenvalue weighted by Crippen LogP contribution is -2.43. The van der Waals surface area contributed by atoms with Gasteiger partial charge < -0.3 is 14.7 Å². The van der Waals surface area contributed by atoms with Crippen LogP contribution in [-0.2, 0) is 23.9 Å². The molecule has 4 rings (SSSR count). The third-order valence-corrected chi connectivity index (χ3v) is 5.78. The molecule has 4 aliphatic heterocycles. The maximum absolute atomic E-state index is 12.5. The van der Waals surface area contributed by atoms with E-state index in [0.717, 1.165) is 12.8 Å². The number of carboxylic acid groups (broad SMARTS) is 1. The summed E-state index contributed by atoms with van der Waals surface area (Å²) in [4.78, 5) is 51.0. The second kappa shape index (κ2) is 5.54. The van der Waals surface area contributed by atoms with Gasteiger partial charge in [0.25, 0.3) is 0 Å². The van der Waals surface area contributed by atoms with E-state index in [1.807, 2.05) is 0 Å². The number of aliphatic carboxylic acids is 1. The normalized spacial score (nSPS) is 37.4. The van der Waals surface area contributed by atoms with Crippen LogP contribution in [0.25, 0.3) is 0 Å². The number of carbonyl (C=O) groups excluding carboxylic acids is 3. The zero-order chi connectivity index (χ0) is 17.0. The Hall–Kier alpha value is -1.96.